The van der Waals surface area contributed by atoms with Crippen molar-refractivity contribution in [3.8, 4) is 0 Å². The van der Waals surface area contributed by atoms with Crippen molar-refractivity contribution in [3.63, 3.8) is 0 Å². The summed E-state index contributed by atoms with van der Waals surface area (Å²) in [4.78, 5) is 0. The van der Waals surface area contributed by atoms with E-state index in [4.69, 9.17) is 9.47 Å². The Morgan fingerprint density at radius 1 is 1.00 bits per heavy atom. The van der Waals surface area contributed by atoms with Gasteiger partial charge in [0.1, 0.15) is 0 Å². The third kappa shape index (κ3) is 5.54. The van der Waals surface area contributed by atoms with Gasteiger partial charge in [-0.3, -0.25) is 0 Å². The summed E-state index contributed by atoms with van der Waals surface area (Å²) in [7, 11) is 1.84. The van der Waals surface area contributed by atoms with Crippen LogP contribution in [0.4, 0.5) is 0 Å². The lowest BCUT2D eigenvalue weighted by atomic mass is 9.90. The molecular weight excluding hydrogens is 262 g/mol. The smallest absolute Gasteiger partial charge is 0.0810 e. The Bertz CT molecular complexity index is 285. The van der Waals surface area contributed by atoms with Crippen LogP contribution in [0.25, 0.3) is 0 Å². The Balaban J connectivity index is 1.96. The fraction of sp³-hybridized carbons (Fsp3) is 1.00. The number of ether oxygens (including phenoxy) is 2. The topological polar surface area (TPSA) is 30.5 Å². The molecule has 3 nitrogen and oxygen atoms in total. The van der Waals surface area contributed by atoms with Gasteiger partial charge in [0.25, 0.3) is 0 Å². The summed E-state index contributed by atoms with van der Waals surface area (Å²) >= 11 is 0. The van der Waals surface area contributed by atoms with Gasteiger partial charge in [0.15, 0.2) is 0 Å². The van der Waals surface area contributed by atoms with Gasteiger partial charge in [-0.15, -0.1) is 0 Å². The maximum atomic E-state index is 6.74. The van der Waals surface area contributed by atoms with Crippen molar-refractivity contribution in [1.82, 2.24) is 5.32 Å². The molecule has 0 amide bonds. The minimum atomic E-state index is 0.0705. The fourth-order valence-electron chi connectivity index (χ4n) is 3.88. The summed E-state index contributed by atoms with van der Waals surface area (Å²) in [5.74, 6) is 0. The third-order valence-electron chi connectivity index (χ3n) is 5.18. The summed E-state index contributed by atoms with van der Waals surface area (Å²) in [5, 5.41) is 3.64. The van der Waals surface area contributed by atoms with E-state index in [2.05, 4.69) is 19.2 Å². The molecule has 0 radical (unpaired) electrons. The van der Waals surface area contributed by atoms with Crippen LogP contribution in [0.3, 0.4) is 0 Å². The van der Waals surface area contributed by atoms with E-state index in [-0.39, 0.29) is 5.60 Å². The molecule has 2 rings (SSSR count). The lowest BCUT2D eigenvalue weighted by molar-refractivity contribution is -0.129. The molecule has 2 unspecified atom stereocenters. The summed E-state index contributed by atoms with van der Waals surface area (Å²) in [6.07, 6.45) is 13.4. The monoisotopic (exact) mass is 297 g/mol. The van der Waals surface area contributed by atoms with Crippen molar-refractivity contribution >= 4 is 0 Å². The van der Waals surface area contributed by atoms with E-state index in [1.807, 2.05) is 7.11 Å². The van der Waals surface area contributed by atoms with Gasteiger partial charge in [-0.25, -0.2) is 0 Å². The third-order valence-corrected chi connectivity index (χ3v) is 5.18. The highest BCUT2D eigenvalue weighted by Gasteiger charge is 2.36. The zero-order valence-corrected chi connectivity index (χ0v) is 14.3. The van der Waals surface area contributed by atoms with Crippen LogP contribution in [0, 0.1) is 0 Å². The molecule has 2 atom stereocenters. The lowest BCUT2D eigenvalue weighted by Crippen LogP contribution is -2.48. The maximum Gasteiger partial charge on any atom is 0.0810 e. The Morgan fingerprint density at radius 3 is 2.29 bits per heavy atom. The van der Waals surface area contributed by atoms with Crippen LogP contribution in [0.1, 0.15) is 78.1 Å². The Morgan fingerprint density at radius 2 is 1.67 bits per heavy atom. The number of rotatable bonds is 6. The van der Waals surface area contributed by atoms with Gasteiger partial charge in [-0.2, -0.15) is 0 Å². The second kappa shape index (κ2) is 8.50. The Hall–Kier alpha value is -0.120. The van der Waals surface area contributed by atoms with E-state index in [1.165, 1.54) is 57.8 Å². The summed E-state index contributed by atoms with van der Waals surface area (Å²) in [5.41, 5.74) is 0.0705. The van der Waals surface area contributed by atoms with Crippen LogP contribution >= 0.6 is 0 Å². The molecule has 0 saturated heterocycles. The van der Waals surface area contributed by atoms with E-state index in [0.29, 0.717) is 18.2 Å². The summed E-state index contributed by atoms with van der Waals surface area (Å²) in [6.45, 7) is 5.47. The van der Waals surface area contributed by atoms with Crippen LogP contribution in [0.5, 0.6) is 0 Å². The average molecular weight is 297 g/mol. The van der Waals surface area contributed by atoms with Gasteiger partial charge >= 0.3 is 0 Å². The number of hydrogen-bond donors (Lipinski definition) is 1. The van der Waals surface area contributed by atoms with E-state index >= 15 is 0 Å². The van der Waals surface area contributed by atoms with Gasteiger partial charge in [-0.1, -0.05) is 39.5 Å². The SMILES string of the molecule is COC1CCCC(OC2(CNC(C)C)CCCCCC2)C1. The first-order chi connectivity index (χ1) is 10.1. The molecule has 0 aromatic carbocycles. The summed E-state index contributed by atoms with van der Waals surface area (Å²) < 4.78 is 12.3. The van der Waals surface area contributed by atoms with Crippen molar-refractivity contribution in [2.24, 2.45) is 0 Å². The number of nitrogens with one attached hydrogen (secondary N) is 1. The predicted octanol–water partition coefficient (Wildman–Crippen LogP) is 4.05. The van der Waals surface area contributed by atoms with E-state index < -0.39 is 0 Å². The zero-order chi connectivity index (χ0) is 15.1. The molecule has 3 heteroatoms. The number of hydrogen-bond acceptors (Lipinski definition) is 3. The molecule has 124 valence electrons. The van der Waals surface area contributed by atoms with Crippen LogP contribution in [0.2, 0.25) is 0 Å². The predicted molar refractivity (Wildman–Crippen MR) is 87.7 cm³/mol. The van der Waals surface area contributed by atoms with E-state index in [0.717, 1.165) is 13.0 Å². The van der Waals surface area contributed by atoms with Gasteiger partial charge in [0.2, 0.25) is 0 Å². The largest absolute Gasteiger partial charge is 0.381 e. The standard InChI is InChI=1S/C18H35NO2/c1-15(2)19-14-18(11-6-4-5-7-12-18)21-17-10-8-9-16(13-17)20-3/h15-17,19H,4-14H2,1-3H3. The van der Waals surface area contributed by atoms with Crippen LogP contribution in [-0.2, 0) is 9.47 Å². The van der Waals surface area contributed by atoms with Crippen LogP contribution in [0.15, 0.2) is 0 Å². The molecule has 0 aromatic rings. The molecule has 2 fully saturated rings. The van der Waals surface area contributed by atoms with Crippen LogP contribution in [-0.4, -0.2) is 37.5 Å². The van der Waals surface area contributed by atoms with Gasteiger partial charge in [0.05, 0.1) is 17.8 Å². The van der Waals surface area contributed by atoms with Crippen LogP contribution < -0.4 is 5.32 Å². The molecule has 0 heterocycles. The van der Waals surface area contributed by atoms with Gasteiger partial charge in [0, 0.05) is 19.7 Å². The fourth-order valence-corrected chi connectivity index (χ4v) is 3.88. The first-order valence-corrected chi connectivity index (χ1v) is 9.07. The minimum Gasteiger partial charge on any atom is -0.381 e. The highest BCUT2D eigenvalue weighted by Crippen LogP contribution is 2.35. The van der Waals surface area contributed by atoms with E-state index in [1.54, 1.807) is 0 Å². The first kappa shape index (κ1) is 17.2. The highest BCUT2D eigenvalue weighted by molar-refractivity contribution is 4.88. The molecule has 0 aliphatic heterocycles. The van der Waals surface area contributed by atoms with Crippen molar-refractivity contribution < 1.29 is 9.47 Å². The highest BCUT2D eigenvalue weighted by atomic mass is 16.5. The molecule has 21 heavy (non-hydrogen) atoms. The molecule has 2 aliphatic carbocycles. The van der Waals surface area contributed by atoms with Crippen molar-refractivity contribution in [3.05, 3.63) is 0 Å². The molecule has 1 N–H and O–H groups in total. The molecule has 2 saturated carbocycles. The molecule has 2 aliphatic rings. The van der Waals surface area contributed by atoms with Gasteiger partial charge in [-0.05, 0) is 38.5 Å². The van der Waals surface area contributed by atoms with Gasteiger partial charge < -0.3 is 14.8 Å². The molecule has 0 aromatic heterocycles. The molecular formula is C18H35NO2. The van der Waals surface area contributed by atoms with E-state index in [9.17, 15) is 0 Å². The van der Waals surface area contributed by atoms with Crippen molar-refractivity contribution in [2.75, 3.05) is 13.7 Å². The average Bonchev–Trinajstić information content (AvgIpc) is 2.71. The summed E-state index contributed by atoms with van der Waals surface area (Å²) in [6, 6.07) is 0.534. The Labute approximate surface area is 131 Å². The van der Waals surface area contributed by atoms with Crippen molar-refractivity contribution in [1.29, 1.82) is 0 Å². The molecule has 0 bridgehead atoms. The quantitative estimate of drug-likeness (QED) is 0.750. The zero-order valence-electron chi connectivity index (χ0n) is 14.3. The van der Waals surface area contributed by atoms with Crippen molar-refractivity contribution in [2.45, 2.75) is 102 Å². The normalized spacial score (nSPS) is 30.3. The maximum absolute atomic E-state index is 6.74. The Kier molecular flexibility index (Phi) is 6.97. The second-order valence-corrected chi connectivity index (χ2v) is 7.40. The second-order valence-electron chi connectivity index (χ2n) is 7.40. The molecule has 0 spiro atoms. The first-order valence-electron chi connectivity index (χ1n) is 9.07. The lowest BCUT2D eigenvalue weighted by Gasteiger charge is -2.40. The number of methoxy groups -OCH3 is 1. The minimum absolute atomic E-state index is 0.0705.